The monoisotopic (exact) mass is 461 g/mol. The predicted octanol–water partition coefficient (Wildman–Crippen LogP) is 4.96. The quantitative estimate of drug-likeness (QED) is 0.383. The third-order valence-corrected chi connectivity index (χ3v) is 6.26. The van der Waals surface area contributed by atoms with E-state index in [0.717, 1.165) is 27.5 Å². The van der Waals surface area contributed by atoms with Gasteiger partial charge in [0.2, 0.25) is 5.91 Å². The van der Waals surface area contributed by atoms with Crippen LogP contribution in [0.3, 0.4) is 0 Å². The number of aromatic nitrogens is 2. The van der Waals surface area contributed by atoms with Gasteiger partial charge in [-0.1, -0.05) is 35.9 Å². The maximum absolute atomic E-state index is 12.6. The Balaban J connectivity index is 1.36. The Morgan fingerprint density at radius 1 is 1.06 bits per heavy atom. The molecule has 2 aromatic heterocycles. The number of rotatable bonds is 9. The molecule has 0 bridgehead atoms. The van der Waals surface area contributed by atoms with E-state index in [4.69, 9.17) is 14.5 Å². The van der Waals surface area contributed by atoms with Crippen molar-refractivity contribution in [1.82, 2.24) is 14.9 Å². The smallest absolute Gasteiger partial charge is 0.239 e. The molecule has 0 fully saturated rings. The lowest BCUT2D eigenvalue weighted by molar-refractivity contribution is -0.121. The molecule has 7 heteroatoms. The Hall–Kier alpha value is -3.58. The van der Waals surface area contributed by atoms with Crippen molar-refractivity contribution in [1.29, 1.82) is 0 Å². The van der Waals surface area contributed by atoms with Gasteiger partial charge in [0.15, 0.2) is 11.5 Å². The topological polar surface area (TPSA) is 65.4 Å². The maximum atomic E-state index is 12.6. The van der Waals surface area contributed by atoms with Gasteiger partial charge < -0.3 is 19.4 Å². The zero-order valence-corrected chi connectivity index (χ0v) is 19.8. The largest absolute Gasteiger partial charge is 0.493 e. The molecule has 0 aliphatic heterocycles. The second-order valence-corrected chi connectivity index (χ2v) is 8.57. The molecule has 0 spiro atoms. The van der Waals surface area contributed by atoms with Gasteiger partial charge in [-0.2, -0.15) is 0 Å². The molecule has 2 heterocycles. The molecule has 0 saturated heterocycles. The molecule has 2 aromatic carbocycles. The summed E-state index contributed by atoms with van der Waals surface area (Å²) in [6.07, 6.45) is 2.62. The van der Waals surface area contributed by atoms with E-state index in [9.17, 15) is 4.79 Å². The van der Waals surface area contributed by atoms with Crippen LogP contribution in [0.5, 0.6) is 11.5 Å². The van der Waals surface area contributed by atoms with Crippen molar-refractivity contribution in [2.45, 2.75) is 19.9 Å². The van der Waals surface area contributed by atoms with Crippen LogP contribution in [0.15, 0.2) is 66.2 Å². The number of carbonyl (C=O) groups is 1. The van der Waals surface area contributed by atoms with Crippen molar-refractivity contribution in [2.24, 2.45) is 0 Å². The number of ether oxygens (including phenoxy) is 2. The number of hydrogen-bond acceptors (Lipinski definition) is 5. The standard InChI is InChI=1S/C26H27N3O3S/c1-18-6-9-20(10-7-18)21-17-33-26(28-21)22-5-4-14-29(22)16-25(30)27-13-12-19-8-11-23(31-2)24(15-19)32-3/h4-11,14-15,17H,12-13,16H2,1-3H3,(H,27,30). The molecule has 0 aliphatic carbocycles. The highest BCUT2D eigenvalue weighted by atomic mass is 32.1. The molecule has 4 rings (SSSR count). The lowest BCUT2D eigenvalue weighted by Crippen LogP contribution is -2.29. The van der Waals surface area contributed by atoms with Crippen LogP contribution in [-0.4, -0.2) is 36.2 Å². The molecule has 6 nitrogen and oxygen atoms in total. The van der Waals surface area contributed by atoms with Crippen LogP contribution < -0.4 is 14.8 Å². The summed E-state index contributed by atoms with van der Waals surface area (Å²) in [5.74, 6) is 1.34. The first-order valence-electron chi connectivity index (χ1n) is 10.7. The summed E-state index contributed by atoms with van der Waals surface area (Å²) in [4.78, 5) is 17.4. The maximum Gasteiger partial charge on any atom is 0.239 e. The Morgan fingerprint density at radius 3 is 2.61 bits per heavy atom. The molecular weight excluding hydrogens is 434 g/mol. The van der Waals surface area contributed by atoms with Crippen molar-refractivity contribution >= 4 is 17.2 Å². The number of thiazole rings is 1. The van der Waals surface area contributed by atoms with Crippen LogP contribution in [0, 0.1) is 6.92 Å². The second-order valence-electron chi connectivity index (χ2n) is 7.71. The van der Waals surface area contributed by atoms with Crippen LogP contribution in [0.1, 0.15) is 11.1 Å². The molecule has 1 amide bonds. The van der Waals surface area contributed by atoms with Crippen molar-refractivity contribution in [3.8, 4) is 33.5 Å². The Labute approximate surface area is 197 Å². The van der Waals surface area contributed by atoms with Crippen molar-refractivity contribution in [2.75, 3.05) is 20.8 Å². The van der Waals surface area contributed by atoms with Gasteiger partial charge in [-0.3, -0.25) is 4.79 Å². The minimum absolute atomic E-state index is 0.0387. The highest BCUT2D eigenvalue weighted by Crippen LogP contribution is 2.30. The van der Waals surface area contributed by atoms with Crippen LogP contribution in [0.2, 0.25) is 0 Å². The van der Waals surface area contributed by atoms with Crippen molar-refractivity contribution < 1.29 is 14.3 Å². The number of hydrogen-bond donors (Lipinski definition) is 1. The average Bonchev–Trinajstić information content (AvgIpc) is 3.49. The van der Waals surface area contributed by atoms with Crippen molar-refractivity contribution in [3.63, 3.8) is 0 Å². The number of nitrogens with one attached hydrogen (secondary N) is 1. The fourth-order valence-corrected chi connectivity index (χ4v) is 4.46. The number of carbonyl (C=O) groups excluding carboxylic acids is 1. The molecule has 1 N–H and O–H groups in total. The van der Waals surface area contributed by atoms with Gasteiger partial charge in [0, 0.05) is 23.7 Å². The van der Waals surface area contributed by atoms with Crippen LogP contribution in [-0.2, 0) is 17.8 Å². The fraction of sp³-hybridized carbons (Fsp3) is 0.231. The zero-order chi connectivity index (χ0) is 23.2. The molecule has 0 atom stereocenters. The summed E-state index contributed by atoms with van der Waals surface area (Å²) < 4.78 is 12.5. The normalized spacial score (nSPS) is 10.8. The number of aryl methyl sites for hydroxylation is 1. The SMILES string of the molecule is COc1ccc(CCNC(=O)Cn2cccc2-c2nc(-c3ccc(C)cc3)cs2)cc1OC. The van der Waals surface area contributed by atoms with E-state index in [2.05, 4.69) is 41.9 Å². The zero-order valence-electron chi connectivity index (χ0n) is 19.0. The predicted molar refractivity (Wildman–Crippen MR) is 132 cm³/mol. The number of benzene rings is 2. The molecule has 0 saturated carbocycles. The van der Waals surface area contributed by atoms with E-state index in [-0.39, 0.29) is 12.5 Å². The summed E-state index contributed by atoms with van der Waals surface area (Å²) in [6.45, 7) is 2.86. The molecule has 0 unspecified atom stereocenters. The van der Waals surface area contributed by atoms with E-state index in [1.165, 1.54) is 5.56 Å². The summed E-state index contributed by atoms with van der Waals surface area (Å²) in [7, 11) is 3.23. The average molecular weight is 462 g/mol. The van der Waals surface area contributed by atoms with Gasteiger partial charge >= 0.3 is 0 Å². The lowest BCUT2D eigenvalue weighted by Gasteiger charge is -2.11. The second kappa shape index (κ2) is 10.4. The molecule has 0 radical (unpaired) electrons. The first-order chi connectivity index (χ1) is 16.1. The van der Waals surface area contributed by atoms with E-state index >= 15 is 0 Å². The highest BCUT2D eigenvalue weighted by Gasteiger charge is 2.13. The van der Waals surface area contributed by atoms with Gasteiger partial charge in [0.25, 0.3) is 0 Å². The van der Waals surface area contributed by atoms with Gasteiger partial charge in [0.05, 0.1) is 25.6 Å². The molecule has 4 aromatic rings. The first-order valence-corrected chi connectivity index (χ1v) is 11.6. The van der Waals surface area contributed by atoms with E-state index in [0.29, 0.717) is 24.5 Å². The van der Waals surface area contributed by atoms with Gasteiger partial charge in [-0.05, 0) is 43.2 Å². The van der Waals surface area contributed by atoms with E-state index in [1.54, 1.807) is 25.6 Å². The Bertz CT molecular complexity index is 1230. The van der Waals surface area contributed by atoms with E-state index in [1.807, 2.05) is 41.1 Å². The molecular formula is C26H27N3O3S. The molecule has 33 heavy (non-hydrogen) atoms. The van der Waals surface area contributed by atoms with E-state index < -0.39 is 0 Å². The number of methoxy groups -OCH3 is 2. The summed E-state index contributed by atoms with van der Waals surface area (Å²) in [6, 6.07) is 18.1. The lowest BCUT2D eigenvalue weighted by atomic mass is 10.1. The first kappa shape index (κ1) is 22.6. The third kappa shape index (κ3) is 5.43. The van der Waals surface area contributed by atoms with Gasteiger partial charge in [-0.25, -0.2) is 4.98 Å². The van der Waals surface area contributed by atoms with Gasteiger partial charge in [0.1, 0.15) is 11.6 Å². The Morgan fingerprint density at radius 2 is 1.85 bits per heavy atom. The van der Waals surface area contributed by atoms with Crippen LogP contribution in [0.25, 0.3) is 22.0 Å². The summed E-state index contributed by atoms with van der Waals surface area (Å²) >= 11 is 1.58. The Kier molecular flexibility index (Phi) is 7.10. The minimum Gasteiger partial charge on any atom is -0.493 e. The molecule has 170 valence electrons. The molecule has 0 aliphatic rings. The van der Waals surface area contributed by atoms with Crippen molar-refractivity contribution in [3.05, 3.63) is 77.3 Å². The van der Waals surface area contributed by atoms with Crippen LogP contribution in [0.4, 0.5) is 0 Å². The summed E-state index contributed by atoms with van der Waals surface area (Å²) in [5, 5.41) is 5.95. The number of amides is 1. The summed E-state index contributed by atoms with van der Waals surface area (Å²) in [5.41, 5.74) is 5.27. The minimum atomic E-state index is -0.0387. The van der Waals surface area contributed by atoms with Gasteiger partial charge in [-0.15, -0.1) is 11.3 Å². The third-order valence-electron chi connectivity index (χ3n) is 5.40. The van der Waals surface area contributed by atoms with Crippen LogP contribution >= 0.6 is 11.3 Å². The highest BCUT2D eigenvalue weighted by molar-refractivity contribution is 7.13. The number of nitrogens with zero attached hydrogens (tertiary/aromatic N) is 2. The fourth-order valence-electron chi connectivity index (χ4n) is 3.59.